The first-order valence-electron chi connectivity index (χ1n) is 11.6. The lowest BCUT2D eigenvalue weighted by Crippen LogP contribution is -2.49. The van der Waals surface area contributed by atoms with Crippen LogP contribution in [-0.4, -0.2) is 28.6 Å². The fraction of sp³-hybridized carbons (Fsp3) is 0.480. The molecule has 202 valence electrons. The summed E-state index contributed by atoms with van der Waals surface area (Å²) in [6, 6.07) is 6.43. The average molecular weight is 533 g/mol. The van der Waals surface area contributed by atoms with Gasteiger partial charge < -0.3 is 10.5 Å². The average Bonchev–Trinajstić information content (AvgIpc) is 3.31. The molecule has 0 radical (unpaired) electrons. The van der Waals surface area contributed by atoms with E-state index in [1.165, 1.54) is 12.1 Å². The van der Waals surface area contributed by atoms with Gasteiger partial charge in [-0.15, -0.1) is 0 Å². The van der Waals surface area contributed by atoms with Gasteiger partial charge in [0.2, 0.25) is 0 Å². The summed E-state index contributed by atoms with van der Waals surface area (Å²) in [7, 11) is 0. The summed E-state index contributed by atoms with van der Waals surface area (Å²) in [4.78, 5) is 12.5. The van der Waals surface area contributed by atoms with Gasteiger partial charge in [0.1, 0.15) is 5.82 Å². The third-order valence-corrected chi connectivity index (χ3v) is 7.22. The minimum Gasteiger partial charge on any atom is -0.373 e. The molecule has 2 aromatic carbocycles. The summed E-state index contributed by atoms with van der Waals surface area (Å²) in [6.45, 7) is 1.06. The molecule has 12 heteroatoms. The Balaban J connectivity index is 1.63. The molecular formula is C25H26F7N3O2. The summed E-state index contributed by atoms with van der Waals surface area (Å²) in [5.74, 6) is 4.41. The monoisotopic (exact) mass is 533 g/mol. The van der Waals surface area contributed by atoms with Crippen molar-refractivity contribution in [3.8, 4) is 0 Å². The molecule has 2 aromatic rings. The number of alkyl halides is 6. The first kappa shape index (κ1) is 27.3. The molecule has 1 saturated carbocycles. The molecule has 4 rings (SSSR count). The summed E-state index contributed by atoms with van der Waals surface area (Å²) in [6.07, 6.45) is -9.42. The molecule has 1 heterocycles. The minimum atomic E-state index is -4.97. The molecule has 0 bridgehead atoms. The third kappa shape index (κ3) is 5.60. The zero-order valence-corrected chi connectivity index (χ0v) is 19.7. The molecule has 5 nitrogen and oxygen atoms in total. The van der Waals surface area contributed by atoms with Crippen LogP contribution in [0.2, 0.25) is 0 Å². The third-order valence-electron chi connectivity index (χ3n) is 7.22. The second-order valence-corrected chi connectivity index (χ2v) is 9.98. The highest BCUT2D eigenvalue weighted by atomic mass is 19.4. The zero-order valence-electron chi connectivity index (χ0n) is 19.7. The predicted octanol–water partition coefficient (Wildman–Crippen LogP) is 5.13. The molecule has 5 atom stereocenters. The van der Waals surface area contributed by atoms with Crippen molar-refractivity contribution in [2.24, 2.45) is 17.5 Å². The maximum absolute atomic E-state index is 13.6. The first-order valence-corrected chi connectivity index (χ1v) is 11.6. The molecule has 0 spiro atoms. The number of hydrazine groups is 1. The van der Waals surface area contributed by atoms with Crippen LogP contribution in [0.5, 0.6) is 0 Å². The molecule has 0 unspecified atom stereocenters. The Hall–Kier alpha value is -2.70. The SMILES string of the molecule is C[C@@]1(N)C[C@H]([C@@H]2CC[C@H](OCc3cc(C(F)(F)F)cc(C(F)(F)F)c3)[C@H]2c2ccc(F)cc2)N(N)C1=O. The number of carbonyl (C=O) groups is 1. The number of nitrogens with two attached hydrogens (primary N) is 2. The Bertz CT molecular complexity index is 1120. The normalized spacial score (nSPS) is 28.8. The van der Waals surface area contributed by atoms with Crippen LogP contribution in [0, 0.1) is 11.7 Å². The fourth-order valence-corrected chi connectivity index (χ4v) is 5.49. The molecule has 1 saturated heterocycles. The van der Waals surface area contributed by atoms with Crippen molar-refractivity contribution in [1.29, 1.82) is 0 Å². The number of ether oxygens (including phenoxy) is 1. The van der Waals surface area contributed by atoms with Gasteiger partial charge in [-0.1, -0.05) is 12.1 Å². The number of rotatable bonds is 5. The van der Waals surface area contributed by atoms with Crippen molar-refractivity contribution in [1.82, 2.24) is 5.01 Å². The summed E-state index contributed by atoms with van der Waals surface area (Å²) < 4.78 is 99.1. The second-order valence-electron chi connectivity index (χ2n) is 9.98. The lowest BCUT2D eigenvalue weighted by atomic mass is 9.80. The van der Waals surface area contributed by atoms with Crippen LogP contribution < -0.4 is 11.6 Å². The number of carbonyl (C=O) groups excluding carboxylic acids is 1. The van der Waals surface area contributed by atoms with Gasteiger partial charge in [-0.2, -0.15) is 26.3 Å². The molecule has 1 amide bonds. The Morgan fingerprint density at radius 2 is 1.57 bits per heavy atom. The van der Waals surface area contributed by atoms with Crippen LogP contribution in [0.4, 0.5) is 30.7 Å². The smallest absolute Gasteiger partial charge is 0.373 e. The van der Waals surface area contributed by atoms with Crippen LogP contribution in [0.15, 0.2) is 42.5 Å². The second kappa shape index (κ2) is 9.55. The molecule has 2 fully saturated rings. The van der Waals surface area contributed by atoms with Crippen LogP contribution in [0.1, 0.15) is 54.4 Å². The van der Waals surface area contributed by atoms with E-state index in [4.69, 9.17) is 16.3 Å². The van der Waals surface area contributed by atoms with E-state index in [2.05, 4.69) is 0 Å². The van der Waals surface area contributed by atoms with E-state index in [1.54, 1.807) is 19.1 Å². The molecule has 0 aromatic heterocycles. The number of benzene rings is 2. The number of halogens is 7. The Labute approximate surface area is 208 Å². The van der Waals surface area contributed by atoms with Gasteiger partial charge >= 0.3 is 12.4 Å². The zero-order chi connectivity index (χ0) is 27.3. The van der Waals surface area contributed by atoms with Gasteiger partial charge in [0.05, 0.1) is 35.4 Å². The van der Waals surface area contributed by atoms with Gasteiger partial charge in [-0.05, 0) is 73.6 Å². The maximum Gasteiger partial charge on any atom is 0.416 e. The van der Waals surface area contributed by atoms with Crippen LogP contribution in [0.3, 0.4) is 0 Å². The maximum atomic E-state index is 13.6. The quantitative estimate of drug-likeness (QED) is 0.317. The van der Waals surface area contributed by atoms with E-state index < -0.39 is 65.4 Å². The Kier molecular flexibility index (Phi) is 7.06. The van der Waals surface area contributed by atoms with Crippen molar-refractivity contribution in [2.75, 3.05) is 0 Å². The number of nitrogens with zero attached hydrogens (tertiary/aromatic N) is 1. The van der Waals surface area contributed by atoms with E-state index in [-0.39, 0.29) is 24.0 Å². The molecule has 1 aliphatic heterocycles. The predicted molar refractivity (Wildman–Crippen MR) is 119 cm³/mol. The highest BCUT2D eigenvalue weighted by Gasteiger charge is 2.52. The van der Waals surface area contributed by atoms with Gasteiger partial charge in [0, 0.05) is 5.92 Å². The van der Waals surface area contributed by atoms with Crippen molar-refractivity contribution < 1.29 is 40.3 Å². The van der Waals surface area contributed by atoms with Crippen LogP contribution >= 0.6 is 0 Å². The van der Waals surface area contributed by atoms with Gasteiger partial charge in [-0.25, -0.2) is 10.2 Å². The molecule has 4 N–H and O–H groups in total. The van der Waals surface area contributed by atoms with Gasteiger partial charge in [0.25, 0.3) is 5.91 Å². The van der Waals surface area contributed by atoms with Gasteiger partial charge in [0.15, 0.2) is 0 Å². The lowest BCUT2D eigenvalue weighted by Gasteiger charge is -2.32. The van der Waals surface area contributed by atoms with E-state index in [1.807, 2.05) is 0 Å². The minimum absolute atomic E-state index is 0.0627. The highest BCUT2D eigenvalue weighted by molar-refractivity contribution is 5.87. The van der Waals surface area contributed by atoms with E-state index in [0.717, 1.165) is 5.01 Å². The molecular weight excluding hydrogens is 507 g/mol. The van der Waals surface area contributed by atoms with Crippen LogP contribution in [-0.2, 0) is 28.5 Å². The summed E-state index contributed by atoms with van der Waals surface area (Å²) in [5, 5.41) is 1.09. The number of amides is 1. The van der Waals surface area contributed by atoms with Crippen molar-refractivity contribution in [2.45, 2.75) is 68.7 Å². The number of hydrogen-bond donors (Lipinski definition) is 2. The van der Waals surface area contributed by atoms with Crippen LogP contribution in [0.25, 0.3) is 0 Å². The topological polar surface area (TPSA) is 81.6 Å². The molecule has 37 heavy (non-hydrogen) atoms. The molecule has 1 aliphatic carbocycles. The Morgan fingerprint density at radius 3 is 2.05 bits per heavy atom. The van der Waals surface area contributed by atoms with E-state index in [0.29, 0.717) is 30.5 Å². The fourth-order valence-electron chi connectivity index (χ4n) is 5.49. The summed E-state index contributed by atoms with van der Waals surface area (Å²) >= 11 is 0. The standard InChI is InChI=1S/C25H26F7N3O2/c1-23(33)11-19(35(34)22(23)36)18-6-7-20(21(18)14-2-4-17(26)5-3-14)37-12-13-8-15(24(27,28)29)10-16(9-13)25(30,31)32/h2-5,8-10,18-21H,6-7,11-12,33-34H2,1H3/t18-,19+,20-,21-,23+/m0/s1. The number of hydrogen-bond acceptors (Lipinski definition) is 4. The van der Waals surface area contributed by atoms with Crippen molar-refractivity contribution >= 4 is 5.91 Å². The van der Waals surface area contributed by atoms with E-state index >= 15 is 0 Å². The summed E-state index contributed by atoms with van der Waals surface area (Å²) in [5.41, 5.74) is 2.44. The van der Waals surface area contributed by atoms with Crippen molar-refractivity contribution in [3.05, 3.63) is 70.5 Å². The van der Waals surface area contributed by atoms with E-state index in [9.17, 15) is 35.5 Å². The van der Waals surface area contributed by atoms with Gasteiger partial charge in [-0.3, -0.25) is 9.80 Å². The van der Waals surface area contributed by atoms with Crippen molar-refractivity contribution in [3.63, 3.8) is 0 Å². The molecule has 2 aliphatic rings. The first-order chi connectivity index (χ1) is 17.1. The lowest BCUT2D eigenvalue weighted by molar-refractivity contribution is -0.143. The highest BCUT2D eigenvalue weighted by Crippen LogP contribution is 2.48. The largest absolute Gasteiger partial charge is 0.416 e. The Morgan fingerprint density at radius 1 is 1.00 bits per heavy atom.